The molecule has 2 fully saturated rings. The summed E-state index contributed by atoms with van der Waals surface area (Å²) in [6.45, 7) is 2.56. The minimum Gasteiger partial charge on any atom is -0.497 e. The van der Waals surface area contributed by atoms with Gasteiger partial charge < -0.3 is 9.84 Å². The quantitative estimate of drug-likeness (QED) is 0.725. The van der Waals surface area contributed by atoms with Gasteiger partial charge in [0.05, 0.1) is 7.11 Å². The largest absolute Gasteiger partial charge is 0.497 e. The van der Waals surface area contributed by atoms with E-state index in [0.29, 0.717) is 29.5 Å². The number of ketones is 1. The van der Waals surface area contributed by atoms with Crippen molar-refractivity contribution in [3.8, 4) is 5.75 Å². The van der Waals surface area contributed by atoms with E-state index in [2.05, 4.69) is 25.1 Å². The number of unbranched alkanes of at least 4 members (excludes halogenated alkanes) is 2. The number of fused-ring (bicyclic) bond motifs is 5. The zero-order chi connectivity index (χ0) is 19.0. The van der Waals surface area contributed by atoms with E-state index >= 15 is 0 Å². The third kappa shape index (κ3) is 3.22. The Hall–Kier alpha value is -1.35. The van der Waals surface area contributed by atoms with Gasteiger partial charge in [-0.3, -0.25) is 4.79 Å². The zero-order valence-corrected chi connectivity index (χ0v) is 16.9. The molecule has 1 aromatic carbocycles. The van der Waals surface area contributed by atoms with Gasteiger partial charge in [-0.1, -0.05) is 25.8 Å². The van der Waals surface area contributed by atoms with Gasteiger partial charge in [-0.05, 0) is 85.5 Å². The van der Waals surface area contributed by atoms with E-state index < -0.39 is 0 Å². The number of rotatable bonds is 6. The molecule has 148 valence electrons. The number of aliphatic hydroxyl groups is 1. The lowest BCUT2D eigenvalue weighted by Gasteiger charge is -2.50. The first-order valence-corrected chi connectivity index (χ1v) is 10.9. The molecule has 1 aromatic rings. The molecule has 4 rings (SSSR count). The molecular formula is C24H34O3. The molecule has 1 N–H and O–H groups in total. The standard InChI is InChI=1S/C24H34O3/c1-24-12-11-20-19-10-8-18(27-2)14-16(19)7-9-21(20)23(24)17(15-22(24)26)6-4-3-5-13-25/h8,10,14,17,20-21,23,25H,3-7,9,11-13,15H2,1-2H3. The second-order valence-corrected chi connectivity index (χ2v) is 9.32. The van der Waals surface area contributed by atoms with Crippen molar-refractivity contribution in [2.75, 3.05) is 13.7 Å². The van der Waals surface area contributed by atoms with E-state index in [4.69, 9.17) is 9.84 Å². The lowest BCUT2D eigenvalue weighted by Crippen LogP contribution is -2.44. The lowest BCUT2D eigenvalue weighted by molar-refractivity contribution is -0.129. The van der Waals surface area contributed by atoms with Gasteiger partial charge in [0, 0.05) is 18.4 Å². The molecule has 5 unspecified atom stereocenters. The van der Waals surface area contributed by atoms with E-state index in [0.717, 1.165) is 57.1 Å². The molecule has 3 nitrogen and oxygen atoms in total. The number of aryl methyl sites for hydroxylation is 1. The summed E-state index contributed by atoms with van der Waals surface area (Å²) in [5.74, 6) is 3.86. The predicted octanol–water partition coefficient (Wildman–Crippen LogP) is 4.90. The summed E-state index contributed by atoms with van der Waals surface area (Å²) in [6.07, 6.45) is 9.61. The summed E-state index contributed by atoms with van der Waals surface area (Å²) in [5.41, 5.74) is 2.89. The van der Waals surface area contributed by atoms with Crippen LogP contribution in [-0.4, -0.2) is 24.6 Å². The van der Waals surface area contributed by atoms with Crippen molar-refractivity contribution in [1.82, 2.24) is 0 Å². The fraction of sp³-hybridized carbons (Fsp3) is 0.708. The van der Waals surface area contributed by atoms with E-state index in [1.54, 1.807) is 7.11 Å². The Labute approximate surface area is 163 Å². The maximum absolute atomic E-state index is 13.0. The molecule has 0 aliphatic heterocycles. The molecule has 0 heterocycles. The molecule has 0 amide bonds. The van der Waals surface area contributed by atoms with Gasteiger partial charge in [0.2, 0.25) is 0 Å². The Morgan fingerprint density at radius 1 is 1.22 bits per heavy atom. The van der Waals surface area contributed by atoms with Gasteiger partial charge in [-0.2, -0.15) is 0 Å². The van der Waals surface area contributed by atoms with Gasteiger partial charge >= 0.3 is 0 Å². The number of methoxy groups -OCH3 is 1. The Bertz CT molecular complexity index is 697. The number of hydrogen-bond donors (Lipinski definition) is 1. The second kappa shape index (κ2) is 7.58. The van der Waals surface area contributed by atoms with Crippen LogP contribution in [0.1, 0.15) is 75.3 Å². The molecule has 3 heteroatoms. The maximum atomic E-state index is 13.0. The molecule has 3 aliphatic carbocycles. The lowest BCUT2D eigenvalue weighted by atomic mass is 9.54. The number of Topliss-reactive ketones (excluding diaryl/α,β-unsaturated/α-hetero) is 1. The monoisotopic (exact) mass is 370 g/mol. The highest BCUT2D eigenvalue weighted by Gasteiger charge is 2.58. The van der Waals surface area contributed by atoms with Crippen LogP contribution in [-0.2, 0) is 11.2 Å². The fourth-order valence-corrected chi connectivity index (χ4v) is 6.71. The number of aliphatic hydroxyl groups excluding tert-OH is 1. The molecule has 2 saturated carbocycles. The Kier molecular flexibility index (Phi) is 5.33. The van der Waals surface area contributed by atoms with Gasteiger partial charge in [0.25, 0.3) is 0 Å². The van der Waals surface area contributed by atoms with Crippen molar-refractivity contribution in [3.05, 3.63) is 29.3 Å². The van der Waals surface area contributed by atoms with Gasteiger partial charge in [-0.25, -0.2) is 0 Å². The Morgan fingerprint density at radius 2 is 2.07 bits per heavy atom. The molecule has 3 aliphatic rings. The van der Waals surface area contributed by atoms with Gasteiger partial charge in [0.15, 0.2) is 0 Å². The maximum Gasteiger partial charge on any atom is 0.139 e. The second-order valence-electron chi connectivity index (χ2n) is 9.32. The molecule has 0 bridgehead atoms. The predicted molar refractivity (Wildman–Crippen MR) is 107 cm³/mol. The number of ether oxygens (including phenoxy) is 1. The van der Waals surface area contributed by atoms with E-state index in [-0.39, 0.29) is 12.0 Å². The van der Waals surface area contributed by atoms with Crippen molar-refractivity contribution in [2.45, 2.75) is 70.6 Å². The number of carbonyl (C=O) groups is 1. The smallest absolute Gasteiger partial charge is 0.139 e. The number of carbonyl (C=O) groups excluding carboxylic acids is 1. The van der Waals surface area contributed by atoms with Crippen LogP contribution in [0.5, 0.6) is 5.75 Å². The average Bonchev–Trinajstić information content (AvgIpc) is 2.95. The molecule has 27 heavy (non-hydrogen) atoms. The number of hydrogen-bond acceptors (Lipinski definition) is 3. The number of benzene rings is 1. The highest BCUT2D eigenvalue weighted by molar-refractivity contribution is 5.87. The van der Waals surface area contributed by atoms with Crippen molar-refractivity contribution < 1.29 is 14.6 Å². The van der Waals surface area contributed by atoms with Crippen molar-refractivity contribution in [2.24, 2.45) is 23.2 Å². The minimum atomic E-state index is -0.0905. The molecule has 0 radical (unpaired) electrons. The summed E-state index contributed by atoms with van der Waals surface area (Å²) in [7, 11) is 1.74. The van der Waals surface area contributed by atoms with Crippen LogP contribution in [0.25, 0.3) is 0 Å². The van der Waals surface area contributed by atoms with Crippen LogP contribution in [0.2, 0.25) is 0 Å². The highest BCUT2D eigenvalue weighted by atomic mass is 16.5. The molecule has 0 aromatic heterocycles. The summed E-state index contributed by atoms with van der Waals surface area (Å²) in [5, 5.41) is 9.05. The zero-order valence-electron chi connectivity index (χ0n) is 16.9. The topological polar surface area (TPSA) is 46.5 Å². The Balaban J connectivity index is 1.58. The minimum absolute atomic E-state index is 0.0905. The first-order valence-electron chi connectivity index (χ1n) is 10.9. The molecule has 0 spiro atoms. The van der Waals surface area contributed by atoms with Crippen molar-refractivity contribution in [3.63, 3.8) is 0 Å². The van der Waals surface area contributed by atoms with E-state index in [1.165, 1.54) is 17.5 Å². The SMILES string of the molecule is COc1ccc2c(c1)CCC1C2CCC2(C)C(=O)CC(CCCCCO)C12. The summed E-state index contributed by atoms with van der Waals surface area (Å²) in [6, 6.07) is 6.63. The van der Waals surface area contributed by atoms with Crippen molar-refractivity contribution >= 4 is 5.78 Å². The fourth-order valence-electron chi connectivity index (χ4n) is 6.71. The van der Waals surface area contributed by atoms with Gasteiger partial charge in [0.1, 0.15) is 11.5 Å². The van der Waals surface area contributed by atoms with E-state index in [9.17, 15) is 4.79 Å². The summed E-state index contributed by atoms with van der Waals surface area (Å²) < 4.78 is 5.43. The third-order valence-corrected chi connectivity index (χ3v) is 8.01. The van der Waals surface area contributed by atoms with Crippen LogP contribution in [0.15, 0.2) is 18.2 Å². The molecule has 5 atom stereocenters. The highest BCUT2D eigenvalue weighted by Crippen LogP contribution is 2.62. The Morgan fingerprint density at radius 3 is 2.85 bits per heavy atom. The van der Waals surface area contributed by atoms with Gasteiger partial charge in [-0.15, -0.1) is 0 Å². The van der Waals surface area contributed by atoms with Crippen LogP contribution < -0.4 is 4.74 Å². The molecule has 0 saturated heterocycles. The normalized spacial score (nSPS) is 34.7. The first-order chi connectivity index (χ1) is 13.1. The van der Waals surface area contributed by atoms with Crippen LogP contribution >= 0.6 is 0 Å². The summed E-state index contributed by atoms with van der Waals surface area (Å²) in [4.78, 5) is 13.0. The van der Waals surface area contributed by atoms with Crippen LogP contribution in [0.3, 0.4) is 0 Å². The average molecular weight is 371 g/mol. The van der Waals surface area contributed by atoms with Crippen molar-refractivity contribution in [1.29, 1.82) is 0 Å². The first kappa shape index (κ1) is 19.0. The summed E-state index contributed by atoms with van der Waals surface area (Å²) >= 11 is 0. The van der Waals surface area contributed by atoms with E-state index in [1.807, 2.05) is 0 Å². The third-order valence-electron chi connectivity index (χ3n) is 8.01. The van der Waals surface area contributed by atoms with Crippen LogP contribution in [0, 0.1) is 23.2 Å². The molecular weight excluding hydrogens is 336 g/mol. The van der Waals surface area contributed by atoms with Crippen LogP contribution in [0.4, 0.5) is 0 Å².